The lowest BCUT2D eigenvalue weighted by atomic mass is 9.96. The molecule has 2 aromatic carbocycles. The van der Waals surface area contributed by atoms with Gasteiger partial charge in [-0.15, -0.1) is 13.2 Å². The fourth-order valence-electron chi connectivity index (χ4n) is 4.20. The Labute approximate surface area is 199 Å². The highest BCUT2D eigenvalue weighted by molar-refractivity contribution is 5.14. The van der Waals surface area contributed by atoms with Crippen LogP contribution in [0.5, 0.6) is 0 Å². The minimum Gasteiger partial charge on any atom is -0.371 e. The highest BCUT2D eigenvalue weighted by atomic mass is 16.8. The molecule has 0 unspecified atom stereocenters. The Kier molecular flexibility index (Phi) is 9.89. The molecule has 0 aromatic heterocycles. The fraction of sp³-hybridized carbons (Fsp3) is 0.448. The van der Waals surface area contributed by atoms with Crippen molar-refractivity contribution >= 4 is 0 Å². The molecule has 4 nitrogen and oxygen atoms in total. The Morgan fingerprint density at radius 2 is 1.15 bits per heavy atom. The van der Waals surface area contributed by atoms with E-state index < -0.39 is 5.79 Å². The van der Waals surface area contributed by atoms with E-state index in [0.717, 1.165) is 36.8 Å². The lowest BCUT2D eigenvalue weighted by Gasteiger charge is -2.31. The Hall–Kier alpha value is -2.24. The average Bonchev–Trinajstić information content (AvgIpc) is 3.15. The summed E-state index contributed by atoms with van der Waals surface area (Å²) < 4.78 is 25.7. The lowest BCUT2D eigenvalue weighted by molar-refractivity contribution is -0.167. The van der Waals surface area contributed by atoms with Gasteiger partial charge in [0.25, 0.3) is 0 Å². The third-order valence-corrected chi connectivity index (χ3v) is 5.82. The standard InChI is InChI=1S/C29H38O4/c1-5-7-19-25(30-21-23-15-11-9-12-16-23)27-28(33-29(3,4)32-27)26(20-8-6-2)31-22-24-17-13-10-14-18-24/h5-6,9-18,25-28H,1-2,7-8,19-22H2,3-4H3/t25-,26-,27+,28+/m1/s1. The topological polar surface area (TPSA) is 36.9 Å². The third kappa shape index (κ3) is 7.94. The quantitative estimate of drug-likeness (QED) is 0.304. The van der Waals surface area contributed by atoms with Gasteiger partial charge in [-0.1, -0.05) is 72.8 Å². The van der Waals surface area contributed by atoms with Crippen molar-refractivity contribution in [1.82, 2.24) is 0 Å². The van der Waals surface area contributed by atoms with Crippen LogP contribution < -0.4 is 0 Å². The maximum atomic E-state index is 6.43. The first-order valence-corrected chi connectivity index (χ1v) is 11.9. The van der Waals surface area contributed by atoms with Gasteiger partial charge < -0.3 is 18.9 Å². The van der Waals surface area contributed by atoms with Crippen LogP contribution in [0, 0.1) is 0 Å². The van der Waals surface area contributed by atoms with Crippen LogP contribution >= 0.6 is 0 Å². The van der Waals surface area contributed by atoms with Crippen molar-refractivity contribution in [3.63, 3.8) is 0 Å². The molecule has 1 aliphatic heterocycles. The second kappa shape index (κ2) is 12.9. The molecule has 1 aliphatic rings. The first-order chi connectivity index (χ1) is 16.0. The van der Waals surface area contributed by atoms with Crippen molar-refractivity contribution in [2.75, 3.05) is 0 Å². The van der Waals surface area contributed by atoms with Crippen molar-refractivity contribution in [3.05, 3.63) is 97.1 Å². The monoisotopic (exact) mass is 450 g/mol. The molecule has 2 aromatic rings. The van der Waals surface area contributed by atoms with E-state index in [1.54, 1.807) is 0 Å². The summed E-state index contributed by atoms with van der Waals surface area (Å²) in [5, 5.41) is 0. The molecule has 1 heterocycles. The first-order valence-electron chi connectivity index (χ1n) is 11.9. The molecular formula is C29H38O4. The molecule has 0 radical (unpaired) electrons. The minimum atomic E-state index is -0.708. The number of benzene rings is 2. The normalized spacial score (nSPS) is 21.4. The summed E-state index contributed by atoms with van der Waals surface area (Å²) in [6.07, 6.45) is 6.40. The molecule has 0 bridgehead atoms. The van der Waals surface area contributed by atoms with Gasteiger partial charge in [0.1, 0.15) is 12.2 Å². The van der Waals surface area contributed by atoms with Gasteiger partial charge in [0.05, 0.1) is 25.4 Å². The Balaban J connectivity index is 1.77. The van der Waals surface area contributed by atoms with Gasteiger partial charge in [0.15, 0.2) is 5.79 Å². The van der Waals surface area contributed by atoms with Crippen LogP contribution in [0.1, 0.15) is 50.7 Å². The Morgan fingerprint density at radius 1 is 0.758 bits per heavy atom. The molecule has 0 amide bonds. The van der Waals surface area contributed by atoms with Crippen LogP contribution in [-0.2, 0) is 32.2 Å². The van der Waals surface area contributed by atoms with Gasteiger partial charge >= 0.3 is 0 Å². The molecular weight excluding hydrogens is 412 g/mol. The van der Waals surface area contributed by atoms with Crippen LogP contribution in [0.2, 0.25) is 0 Å². The van der Waals surface area contributed by atoms with Crippen LogP contribution in [0.3, 0.4) is 0 Å². The zero-order valence-corrected chi connectivity index (χ0v) is 20.0. The first kappa shape index (κ1) is 25.4. The summed E-state index contributed by atoms with van der Waals surface area (Å²) in [5.74, 6) is -0.708. The smallest absolute Gasteiger partial charge is 0.164 e. The van der Waals surface area contributed by atoms with Crippen LogP contribution in [0.4, 0.5) is 0 Å². The maximum Gasteiger partial charge on any atom is 0.164 e. The highest BCUT2D eigenvalue weighted by Gasteiger charge is 2.49. The molecule has 4 atom stereocenters. The van der Waals surface area contributed by atoms with E-state index in [-0.39, 0.29) is 24.4 Å². The fourth-order valence-corrected chi connectivity index (χ4v) is 4.20. The molecule has 3 rings (SSSR count). The van der Waals surface area contributed by atoms with Crippen molar-refractivity contribution < 1.29 is 18.9 Å². The second-order valence-electron chi connectivity index (χ2n) is 8.97. The number of hydrogen-bond acceptors (Lipinski definition) is 4. The number of hydrogen-bond donors (Lipinski definition) is 0. The van der Waals surface area contributed by atoms with Crippen molar-refractivity contribution in [2.45, 2.75) is 82.9 Å². The third-order valence-electron chi connectivity index (χ3n) is 5.82. The largest absolute Gasteiger partial charge is 0.371 e. The summed E-state index contributed by atoms with van der Waals surface area (Å²) >= 11 is 0. The van der Waals surface area contributed by atoms with Crippen LogP contribution in [0.25, 0.3) is 0 Å². The van der Waals surface area contributed by atoms with Gasteiger partial charge in [0.2, 0.25) is 0 Å². The van der Waals surface area contributed by atoms with E-state index in [9.17, 15) is 0 Å². The van der Waals surface area contributed by atoms with Gasteiger partial charge in [-0.2, -0.15) is 0 Å². The van der Waals surface area contributed by atoms with Crippen molar-refractivity contribution in [2.24, 2.45) is 0 Å². The van der Waals surface area contributed by atoms with Crippen molar-refractivity contribution in [3.8, 4) is 0 Å². The molecule has 0 spiro atoms. The lowest BCUT2D eigenvalue weighted by Crippen LogP contribution is -2.44. The van der Waals surface area contributed by atoms with Gasteiger partial charge in [-0.3, -0.25) is 0 Å². The molecule has 0 aliphatic carbocycles. The van der Waals surface area contributed by atoms with E-state index in [4.69, 9.17) is 18.9 Å². The zero-order valence-electron chi connectivity index (χ0n) is 20.0. The summed E-state index contributed by atoms with van der Waals surface area (Å²) in [6.45, 7) is 12.8. The Morgan fingerprint density at radius 3 is 1.52 bits per heavy atom. The molecule has 1 saturated heterocycles. The van der Waals surface area contributed by atoms with E-state index in [1.165, 1.54) is 0 Å². The molecule has 0 N–H and O–H groups in total. The summed E-state index contributed by atoms with van der Waals surface area (Å²) in [7, 11) is 0. The predicted octanol–water partition coefficient (Wildman–Crippen LogP) is 6.61. The van der Waals surface area contributed by atoms with Gasteiger partial charge in [-0.05, 0) is 50.7 Å². The molecule has 33 heavy (non-hydrogen) atoms. The SMILES string of the molecule is C=CCC[C@@H](OCc1ccccc1)[C@@H]1OC(C)(C)O[C@H]1[C@@H](CCC=C)OCc1ccccc1. The molecule has 0 saturated carbocycles. The molecule has 4 heteroatoms. The number of ether oxygens (including phenoxy) is 4. The summed E-state index contributed by atoms with van der Waals surface area (Å²) in [4.78, 5) is 0. The van der Waals surface area contributed by atoms with Crippen LogP contribution in [0.15, 0.2) is 86.0 Å². The second-order valence-corrected chi connectivity index (χ2v) is 8.97. The van der Waals surface area contributed by atoms with Gasteiger partial charge in [-0.25, -0.2) is 0 Å². The number of rotatable bonds is 14. The van der Waals surface area contributed by atoms with E-state index in [2.05, 4.69) is 37.4 Å². The highest BCUT2D eigenvalue weighted by Crippen LogP contribution is 2.36. The average molecular weight is 451 g/mol. The van der Waals surface area contributed by atoms with E-state index in [0.29, 0.717) is 13.2 Å². The Bertz CT molecular complexity index is 764. The van der Waals surface area contributed by atoms with E-state index >= 15 is 0 Å². The summed E-state index contributed by atoms with van der Waals surface area (Å²) in [5.41, 5.74) is 2.28. The predicted molar refractivity (Wildman–Crippen MR) is 133 cm³/mol. The number of allylic oxidation sites excluding steroid dienone is 2. The van der Waals surface area contributed by atoms with Crippen LogP contribution in [-0.4, -0.2) is 30.2 Å². The summed E-state index contributed by atoms with van der Waals surface area (Å²) in [6, 6.07) is 20.5. The molecule has 178 valence electrons. The molecule has 1 fully saturated rings. The minimum absolute atomic E-state index is 0.137. The van der Waals surface area contributed by atoms with E-state index in [1.807, 2.05) is 62.4 Å². The van der Waals surface area contributed by atoms with Crippen molar-refractivity contribution in [1.29, 1.82) is 0 Å². The maximum absolute atomic E-state index is 6.43. The van der Waals surface area contributed by atoms with Gasteiger partial charge in [0, 0.05) is 0 Å². The zero-order chi connectivity index (χ0) is 23.5.